The summed E-state index contributed by atoms with van der Waals surface area (Å²) < 4.78 is 5.50. The average Bonchev–Trinajstić information content (AvgIpc) is 2.34. The molecule has 3 heteroatoms. The topological polar surface area (TPSA) is 49.7 Å². The highest BCUT2D eigenvalue weighted by molar-refractivity contribution is 4.85. The lowest BCUT2D eigenvalue weighted by Gasteiger charge is -2.35. The molecule has 0 aromatic rings. The van der Waals surface area contributed by atoms with Crippen LogP contribution in [-0.2, 0) is 4.74 Å². The molecule has 0 amide bonds. The van der Waals surface area contributed by atoms with E-state index in [0.29, 0.717) is 6.42 Å². The van der Waals surface area contributed by atoms with Crippen LogP contribution < -0.4 is 0 Å². The predicted octanol–water partition coefficient (Wildman–Crippen LogP) is 3.13. The monoisotopic (exact) mass is 260 g/mol. The first kappa shape index (κ1) is 17.9. The van der Waals surface area contributed by atoms with Gasteiger partial charge in [0, 0.05) is 13.5 Å². The zero-order valence-corrected chi connectivity index (χ0v) is 12.8. The Balaban J connectivity index is 4.24. The van der Waals surface area contributed by atoms with Gasteiger partial charge in [0.05, 0.1) is 17.8 Å². The lowest BCUT2D eigenvalue weighted by molar-refractivity contribution is -0.112. The summed E-state index contributed by atoms with van der Waals surface area (Å²) in [6, 6.07) is 0. The summed E-state index contributed by atoms with van der Waals surface area (Å²) in [4.78, 5) is 0. The quantitative estimate of drug-likeness (QED) is 0.593. The number of hydrogen-bond acceptors (Lipinski definition) is 3. The van der Waals surface area contributed by atoms with Crippen molar-refractivity contribution in [2.24, 2.45) is 5.92 Å². The molecule has 0 aromatic heterocycles. The van der Waals surface area contributed by atoms with Crippen molar-refractivity contribution in [3.05, 3.63) is 0 Å². The van der Waals surface area contributed by atoms with Crippen LogP contribution in [0.25, 0.3) is 0 Å². The van der Waals surface area contributed by atoms with Gasteiger partial charge in [-0.15, -0.1) is 0 Å². The summed E-state index contributed by atoms with van der Waals surface area (Å²) in [6.07, 6.45) is 4.82. The van der Waals surface area contributed by atoms with E-state index >= 15 is 0 Å². The summed E-state index contributed by atoms with van der Waals surface area (Å²) in [5.41, 5.74) is -0.538. The third-order valence-electron chi connectivity index (χ3n) is 3.93. The van der Waals surface area contributed by atoms with Crippen molar-refractivity contribution in [3.63, 3.8) is 0 Å². The molecule has 18 heavy (non-hydrogen) atoms. The zero-order valence-electron chi connectivity index (χ0n) is 12.8. The third kappa shape index (κ3) is 6.17. The Morgan fingerprint density at radius 2 is 1.72 bits per heavy atom. The van der Waals surface area contributed by atoms with E-state index in [9.17, 15) is 10.2 Å². The Bertz CT molecular complexity index is 206. The fraction of sp³-hybridized carbons (Fsp3) is 1.00. The molecule has 0 aliphatic rings. The highest BCUT2D eigenvalue weighted by Crippen LogP contribution is 2.27. The number of aliphatic hydroxyl groups excluding tert-OH is 2. The third-order valence-corrected chi connectivity index (χ3v) is 3.93. The lowest BCUT2D eigenvalue weighted by Crippen LogP contribution is -2.43. The van der Waals surface area contributed by atoms with Crippen LogP contribution in [0.15, 0.2) is 0 Å². The van der Waals surface area contributed by atoms with Gasteiger partial charge in [-0.25, -0.2) is 0 Å². The first-order valence-corrected chi connectivity index (χ1v) is 7.28. The van der Waals surface area contributed by atoms with Gasteiger partial charge in [-0.3, -0.25) is 0 Å². The van der Waals surface area contributed by atoms with E-state index in [4.69, 9.17) is 4.74 Å². The number of rotatable bonds is 10. The SMILES string of the molecule is CCCCCCC(C)(OC)C(O)CC(O)C(C)C. The van der Waals surface area contributed by atoms with E-state index in [0.717, 1.165) is 12.8 Å². The van der Waals surface area contributed by atoms with Gasteiger partial charge in [-0.05, 0) is 19.3 Å². The summed E-state index contributed by atoms with van der Waals surface area (Å²) in [5, 5.41) is 20.1. The molecule has 0 aromatic carbocycles. The van der Waals surface area contributed by atoms with Crippen molar-refractivity contribution in [2.45, 2.75) is 84.0 Å². The van der Waals surface area contributed by atoms with E-state index in [1.54, 1.807) is 7.11 Å². The molecule has 3 atom stereocenters. The molecule has 0 saturated heterocycles. The molecule has 3 nitrogen and oxygen atoms in total. The molecule has 2 N–H and O–H groups in total. The van der Waals surface area contributed by atoms with E-state index in [1.807, 2.05) is 20.8 Å². The van der Waals surface area contributed by atoms with Gasteiger partial charge in [-0.2, -0.15) is 0 Å². The van der Waals surface area contributed by atoms with Crippen molar-refractivity contribution in [1.29, 1.82) is 0 Å². The van der Waals surface area contributed by atoms with E-state index < -0.39 is 17.8 Å². The van der Waals surface area contributed by atoms with Crippen LogP contribution in [-0.4, -0.2) is 35.1 Å². The van der Waals surface area contributed by atoms with E-state index in [2.05, 4.69) is 6.92 Å². The summed E-state index contributed by atoms with van der Waals surface area (Å²) >= 11 is 0. The molecule has 0 radical (unpaired) electrons. The molecule has 0 spiro atoms. The molecule has 0 bridgehead atoms. The number of ether oxygens (including phenoxy) is 1. The van der Waals surface area contributed by atoms with E-state index in [-0.39, 0.29) is 5.92 Å². The molecule has 3 unspecified atom stereocenters. The second-order valence-electron chi connectivity index (χ2n) is 5.89. The normalized spacial score (nSPS) is 18.7. The van der Waals surface area contributed by atoms with Crippen molar-refractivity contribution in [2.75, 3.05) is 7.11 Å². The molecule has 0 aliphatic heterocycles. The number of hydrogen-bond donors (Lipinski definition) is 2. The summed E-state index contributed by atoms with van der Waals surface area (Å²) in [6.45, 7) is 8.05. The molecule has 0 rings (SSSR count). The van der Waals surface area contributed by atoms with Gasteiger partial charge in [0.15, 0.2) is 0 Å². The average molecular weight is 260 g/mol. The minimum Gasteiger partial charge on any atom is -0.393 e. The molecular formula is C15H32O3. The van der Waals surface area contributed by atoms with E-state index in [1.165, 1.54) is 19.3 Å². The van der Waals surface area contributed by atoms with Gasteiger partial charge < -0.3 is 14.9 Å². The maximum Gasteiger partial charge on any atom is 0.0909 e. The van der Waals surface area contributed by atoms with Crippen LogP contribution in [0.5, 0.6) is 0 Å². The fourth-order valence-electron chi connectivity index (χ4n) is 2.06. The highest BCUT2D eigenvalue weighted by atomic mass is 16.5. The maximum absolute atomic E-state index is 10.3. The van der Waals surface area contributed by atoms with Crippen LogP contribution in [0.4, 0.5) is 0 Å². The van der Waals surface area contributed by atoms with Crippen LogP contribution >= 0.6 is 0 Å². The highest BCUT2D eigenvalue weighted by Gasteiger charge is 2.34. The second kappa shape index (κ2) is 8.89. The van der Waals surface area contributed by atoms with Crippen LogP contribution in [0.3, 0.4) is 0 Å². The van der Waals surface area contributed by atoms with Crippen LogP contribution in [0.2, 0.25) is 0 Å². The lowest BCUT2D eigenvalue weighted by atomic mass is 9.86. The number of aliphatic hydroxyl groups is 2. The first-order chi connectivity index (χ1) is 8.37. The largest absolute Gasteiger partial charge is 0.393 e. The zero-order chi connectivity index (χ0) is 14.2. The summed E-state index contributed by atoms with van der Waals surface area (Å²) in [7, 11) is 1.64. The Morgan fingerprint density at radius 3 is 2.17 bits per heavy atom. The smallest absolute Gasteiger partial charge is 0.0909 e. The molecule has 0 fully saturated rings. The fourth-order valence-corrected chi connectivity index (χ4v) is 2.06. The summed E-state index contributed by atoms with van der Waals surface area (Å²) in [5.74, 6) is 0.167. The second-order valence-corrected chi connectivity index (χ2v) is 5.89. The van der Waals surface area contributed by atoms with Gasteiger partial charge in [0.2, 0.25) is 0 Å². The maximum atomic E-state index is 10.3. The standard InChI is InChI=1S/C15H32O3/c1-6-7-8-9-10-15(4,18-5)14(17)11-13(16)12(2)3/h12-14,16-17H,6-11H2,1-5H3. The van der Waals surface area contributed by atoms with Crippen molar-refractivity contribution in [1.82, 2.24) is 0 Å². The van der Waals surface area contributed by atoms with Crippen molar-refractivity contribution < 1.29 is 14.9 Å². The molecule has 110 valence electrons. The Kier molecular flexibility index (Phi) is 8.83. The Labute approximate surface area is 113 Å². The Morgan fingerprint density at radius 1 is 1.11 bits per heavy atom. The molecule has 0 aliphatic carbocycles. The van der Waals surface area contributed by atoms with Crippen LogP contribution in [0, 0.1) is 5.92 Å². The predicted molar refractivity (Wildman–Crippen MR) is 75.6 cm³/mol. The first-order valence-electron chi connectivity index (χ1n) is 7.28. The minimum atomic E-state index is -0.610. The van der Waals surface area contributed by atoms with Gasteiger partial charge in [0.25, 0.3) is 0 Å². The van der Waals surface area contributed by atoms with Gasteiger partial charge in [0.1, 0.15) is 0 Å². The molecule has 0 heterocycles. The van der Waals surface area contributed by atoms with Crippen molar-refractivity contribution >= 4 is 0 Å². The number of unbranched alkanes of at least 4 members (excludes halogenated alkanes) is 3. The Hall–Kier alpha value is -0.120. The minimum absolute atomic E-state index is 0.167. The van der Waals surface area contributed by atoms with Gasteiger partial charge >= 0.3 is 0 Å². The van der Waals surface area contributed by atoms with Crippen molar-refractivity contribution in [3.8, 4) is 0 Å². The molecular weight excluding hydrogens is 228 g/mol. The molecule has 0 saturated carbocycles. The van der Waals surface area contributed by atoms with Gasteiger partial charge in [-0.1, -0.05) is 46.5 Å². The number of methoxy groups -OCH3 is 1. The van der Waals surface area contributed by atoms with Crippen LogP contribution in [0.1, 0.15) is 66.2 Å².